The number of carboxylic acid groups (broad SMARTS) is 1. The Hall–Kier alpha value is -1.42. The lowest BCUT2D eigenvalue weighted by Gasteiger charge is -2.38. The summed E-state index contributed by atoms with van der Waals surface area (Å²) in [5, 5.41) is 40.8. The molecule has 0 spiro atoms. The molecule has 0 aromatic heterocycles. The Bertz CT molecular complexity index is 459. The number of hydrogen-bond donors (Lipinski definition) is 5. The van der Waals surface area contributed by atoms with Crippen molar-refractivity contribution in [1.82, 2.24) is 5.32 Å². The van der Waals surface area contributed by atoms with E-state index in [0.717, 1.165) is 32.1 Å². The van der Waals surface area contributed by atoms with E-state index in [0.29, 0.717) is 5.92 Å². The van der Waals surface area contributed by atoms with E-state index in [1.165, 1.54) is 0 Å². The lowest BCUT2D eigenvalue weighted by atomic mass is 9.83. The summed E-state index contributed by atoms with van der Waals surface area (Å²) in [6, 6.07) is -0.0530. The summed E-state index contributed by atoms with van der Waals surface area (Å²) in [5.41, 5.74) is 0. The van der Waals surface area contributed by atoms with Crippen LogP contribution in [-0.4, -0.2) is 69.2 Å². The van der Waals surface area contributed by atoms with Crippen LogP contribution in [0.5, 0.6) is 0 Å². The first-order chi connectivity index (χ1) is 11.3. The minimum atomic E-state index is -1.82. The highest BCUT2D eigenvalue weighted by Gasteiger charge is 2.48. The fourth-order valence-electron chi connectivity index (χ4n) is 3.33. The predicted octanol–water partition coefficient (Wildman–Crippen LogP) is -0.426. The Morgan fingerprint density at radius 3 is 2.42 bits per heavy atom. The van der Waals surface area contributed by atoms with Crippen LogP contribution in [-0.2, 0) is 14.3 Å². The molecule has 0 unspecified atom stereocenters. The maximum atomic E-state index is 12.0. The summed E-state index contributed by atoms with van der Waals surface area (Å²) in [4.78, 5) is 23.0. The van der Waals surface area contributed by atoms with E-state index in [-0.39, 0.29) is 6.04 Å². The van der Waals surface area contributed by atoms with Crippen LogP contribution in [0.1, 0.15) is 39.0 Å². The molecule has 1 amide bonds. The summed E-state index contributed by atoms with van der Waals surface area (Å²) in [5.74, 6) is -1.19. The zero-order valence-electron chi connectivity index (χ0n) is 13.5. The molecular weight excluding hydrogens is 322 g/mol. The molecule has 0 radical (unpaired) electrons. The summed E-state index contributed by atoms with van der Waals surface area (Å²) in [6.07, 6.45) is -4.81. The smallest absolute Gasteiger partial charge is 0.409 e. The highest BCUT2D eigenvalue weighted by Crippen LogP contribution is 2.27. The van der Waals surface area contributed by atoms with Crippen LogP contribution in [0.25, 0.3) is 0 Å². The van der Waals surface area contributed by atoms with Crippen molar-refractivity contribution in [3.05, 3.63) is 0 Å². The number of nitrogens with one attached hydrogen (secondary N) is 1. The summed E-state index contributed by atoms with van der Waals surface area (Å²) >= 11 is 0. The predicted molar refractivity (Wildman–Crippen MR) is 80.0 cm³/mol. The first kappa shape index (κ1) is 18.9. The normalized spacial score (nSPS) is 39.9. The molecular formula is C15H25NO8. The number of carboxylic acids is 1. The van der Waals surface area contributed by atoms with Crippen molar-refractivity contribution in [2.75, 3.05) is 0 Å². The molecule has 1 saturated carbocycles. The second kappa shape index (κ2) is 8.11. The highest BCUT2D eigenvalue weighted by atomic mass is 16.7. The van der Waals surface area contributed by atoms with Crippen LogP contribution >= 0.6 is 0 Å². The van der Waals surface area contributed by atoms with Gasteiger partial charge in [-0.25, -0.2) is 9.59 Å². The van der Waals surface area contributed by atoms with Gasteiger partial charge in [0, 0.05) is 6.04 Å². The summed E-state index contributed by atoms with van der Waals surface area (Å²) in [7, 11) is 0. The molecule has 0 aromatic carbocycles. The zero-order valence-corrected chi connectivity index (χ0v) is 13.5. The largest absolute Gasteiger partial charge is 0.479 e. The molecule has 2 aliphatic rings. The maximum Gasteiger partial charge on any atom is 0.409 e. The number of amides is 1. The number of ether oxygens (including phenoxy) is 2. The molecule has 0 bridgehead atoms. The van der Waals surface area contributed by atoms with Gasteiger partial charge >= 0.3 is 12.1 Å². The second-order valence-corrected chi connectivity index (χ2v) is 6.34. The summed E-state index contributed by atoms with van der Waals surface area (Å²) < 4.78 is 9.85. The standard InChI is InChI=1S/C15H25NO8/c1-2-7-5-3-4-6-8(7)16-15(22)24-14-11(19)9(17)10(18)12(23-14)13(20)21/h7-12,14,17-19H,2-6H2,1H3,(H,16,22)(H,20,21)/t7-,8+,9+,10+,11-,12+,14+/m1/s1. The number of carbonyl (C=O) groups is 2. The number of alkyl carbamates (subject to hydrolysis) is 1. The molecule has 1 heterocycles. The molecule has 7 atom stereocenters. The lowest BCUT2D eigenvalue weighted by molar-refractivity contribution is -0.278. The van der Waals surface area contributed by atoms with Crippen LogP contribution in [0.4, 0.5) is 4.79 Å². The SMILES string of the molecule is CC[C@@H]1CCCC[C@@H]1NC(=O)O[C@@H]1O[C@H](C(=O)O)[C@@H](O)[C@H](O)[C@H]1O. The van der Waals surface area contributed by atoms with Crippen LogP contribution in [0.15, 0.2) is 0 Å². The molecule has 5 N–H and O–H groups in total. The molecule has 9 nitrogen and oxygen atoms in total. The van der Waals surface area contributed by atoms with Gasteiger partial charge < -0.3 is 35.2 Å². The molecule has 1 aliphatic heterocycles. The van der Waals surface area contributed by atoms with Gasteiger partial charge in [-0.05, 0) is 18.8 Å². The molecule has 2 fully saturated rings. The van der Waals surface area contributed by atoms with Crippen LogP contribution in [0, 0.1) is 5.92 Å². The second-order valence-electron chi connectivity index (χ2n) is 6.34. The van der Waals surface area contributed by atoms with Gasteiger partial charge in [0.2, 0.25) is 6.29 Å². The molecule has 1 aliphatic carbocycles. The number of hydrogen-bond acceptors (Lipinski definition) is 7. The highest BCUT2D eigenvalue weighted by molar-refractivity contribution is 5.73. The first-order valence-electron chi connectivity index (χ1n) is 8.24. The number of aliphatic hydroxyl groups is 3. The van der Waals surface area contributed by atoms with Gasteiger partial charge in [-0.2, -0.15) is 0 Å². The van der Waals surface area contributed by atoms with Gasteiger partial charge in [-0.3, -0.25) is 0 Å². The van der Waals surface area contributed by atoms with Crippen molar-refractivity contribution >= 4 is 12.1 Å². The van der Waals surface area contributed by atoms with Crippen molar-refractivity contribution in [1.29, 1.82) is 0 Å². The van der Waals surface area contributed by atoms with Crippen molar-refractivity contribution in [2.24, 2.45) is 5.92 Å². The van der Waals surface area contributed by atoms with E-state index in [2.05, 4.69) is 5.32 Å². The van der Waals surface area contributed by atoms with Crippen LogP contribution < -0.4 is 5.32 Å². The zero-order chi connectivity index (χ0) is 17.9. The van der Waals surface area contributed by atoms with E-state index >= 15 is 0 Å². The van der Waals surface area contributed by atoms with Crippen LogP contribution in [0.2, 0.25) is 0 Å². The van der Waals surface area contributed by atoms with Gasteiger partial charge in [0.15, 0.2) is 6.10 Å². The third-order valence-electron chi connectivity index (χ3n) is 4.77. The molecule has 9 heteroatoms. The van der Waals surface area contributed by atoms with Crippen molar-refractivity contribution in [3.8, 4) is 0 Å². The van der Waals surface area contributed by atoms with Gasteiger partial charge in [-0.1, -0.05) is 26.2 Å². The van der Waals surface area contributed by atoms with Crippen molar-refractivity contribution in [2.45, 2.75) is 75.8 Å². The Labute approximate surface area is 139 Å². The lowest BCUT2D eigenvalue weighted by Crippen LogP contribution is -2.61. The molecule has 138 valence electrons. The fraction of sp³-hybridized carbons (Fsp3) is 0.867. The Morgan fingerprint density at radius 2 is 1.79 bits per heavy atom. The average molecular weight is 347 g/mol. The van der Waals surface area contributed by atoms with Gasteiger partial charge in [0.1, 0.15) is 18.3 Å². The maximum absolute atomic E-state index is 12.0. The van der Waals surface area contributed by atoms with E-state index in [1.54, 1.807) is 0 Å². The molecule has 24 heavy (non-hydrogen) atoms. The number of carbonyl (C=O) groups excluding carboxylic acids is 1. The van der Waals surface area contributed by atoms with Gasteiger partial charge in [0.25, 0.3) is 0 Å². The van der Waals surface area contributed by atoms with Gasteiger partial charge in [-0.15, -0.1) is 0 Å². The quantitative estimate of drug-likeness (QED) is 0.461. The summed E-state index contributed by atoms with van der Waals surface area (Å²) in [6.45, 7) is 2.04. The van der Waals surface area contributed by atoms with Crippen molar-refractivity contribution < 1.29 is 39.5 Å². The molecule has 2 rings (SSSR count). The molecule has 0 aromatic rings. The Kier molecular flexibility index (Phi) is 6.39. The topological polar surface area (TPSA) is 146 Å². The van der Waals surface area contributed by atoms with Gasteiger partial charge in [0.05, 0.1) is 0 Å². The minimum absolute atomic E-state index is 0.0530. The number of aliphatic hydroxyl groups excluding tert-OH is 3. The monoisotopic (exact) mass is 347 g/mol. The van der Waals surface area contributed by atoms with Crippen molar-refractivity contribution in [3.63, 3.8) is 0 Å². The van der Waals surface area contributed by atoms with Crippen LogP contribution in [0.3, 0.4) is 0 Å². The Morgan fingerprint density at radius 1 is 1.12 bits per heavy atom. The Balaban J connectivity index is 1.95. The molecule has 1 saturated heterocycles. The third kappa shape index (κ3) is 4.15. The van der Waals surface area contributed by atoms with E-state index in [4.69, 9.17) is 14.6 Å². The number of rotatable bonds is 4. The van der Waals surface area contributed by atoms with E-state index < -0.39 is 42.8 Å². The third-order valence-corrected chi connectivity index (χ3v) is 4.77. The minimum Gasteiger partial charge on any atom is -0.479 e. The van der Waals surface area contributed by atoms with E-state index in [9.17, 15) is 24.9 Å². The van der Waals surface area contributed by atoms with E-state index in [1.807, 2.05) is 6.92 Å². The first-order valence-corrected chi connectivity index (χ1v) is 8.24. The number of aliphatic carboxylic acids is 1. The average Bonchev–Trinajstić information content (AvgIpc) is 2.55. The fourth-order valence-corrected chi connectivity index (χ4v) is 3.33.